The monoisotopic (exact) mass is 275 g/mol. The van der Waals surface area contributed by atoms with Crippen LogP contribution in [0.4, 0.5) is 13.2 Å². The molecule has 0 aliphatic carbocycles. The number of hydrogen-bond acceptors (Lipinski definition) is 3. The highest BCUT2D eigenvalue weighted by molar-refractivity contribution is 5.71. The van der Waals surface area contributed by atoms with Gasteiger partial charge in [-0.15, -0.1) is 0 Å². The molecule has 0 spiro atoms. The number of halogens is 3. The van der Waals surface area contributed by atoms with Gasteiger partial charge in [-0.3, -0.25) is 4.79 Å². The summed E-state index contributed by atoms with van der Waals surface area (Å²) in [7, 11) is 0. The molecule has 7 heteroatoms. The van der Waals surface area contributed by atoms with Gasteiger partial charge in [0.2, 0.25) is 5.91 Å². The predicted molar refractivity (Wildman–Crippen MR) is 64.5 cm³/mol. The van der Waals surface area contributed by atoms with E-state index in [1.165, 1.54) is 13.0 Å². The summed E-state index contributed by atoms with van der Waals surface area (Å²) in [6.07, 6.45) is -4.03. The Kier molecular flexibility index (Phi) is 4.90. The third-order valence-corrected chi connectivity index (χ3v) is 2.49. The van der Waals surface area contributed by atoms with E-state index in [2.05, 4.69) is 5.43 Å². The van der Waals surface area contributed by atoms with Crippen LogP contribution in [-0.4, -0.2) is 17.1 Å². The number of nitrogens with zero attached hydrogens (tertiary/aromatic N) is 1. The Balaban J connectivity index is 2.70. The fraction of sp³-hybridized carbons (Fsp3) is 0.417. The number of amides is 1. The maximum atomic E-state index is 12.5. The van der Waals surface area contributed by atoms with Gasteiger partial charge in [-0.1, -0.05) is 18.2 Å². The van der Waals surface area contributed by atoms with Gasteiger partial charge < -0.3 is 0 Å². The van der Waals surface area contributed by atoms with Crippen molar-refractivity contribution < 1.29 is 18.0 Å². The maximum Gasteiger partial charge on any atom is 0.416 e. The average Bonchev–Trinajstić information content (AvgIpc) is 2.27. The molecule has 1 unspecified atom stereocenters. The lowest BCUT2D eigenvalue weighted by molar-refractivity contribution is -0.137. The van der Waals surface area contributed by atoms with Crippen LogP contribution >= 0.6 is 0 Å². The zero-order chi connectivity index (χ0) is 14.6. The lowest BCUT2D eigenvalue weighted by atomic mass is 10.0. The highest BCUT2D eigenvalue weighted by Gasteiger charge is 2.30. The molecule has 106 valence electrons. The first kappa shape index (κ1) is 15.5. The lowest BCUT2D eigenvalue weighted by Gasteiger charge is -2.21. The van der Waals surface area contributed by atoms with Crippen molar-refractivity contribution in [3.63, 3.8) is 0 Å². The molecule has 4 nitrogen and oxygen atoms in total. The molecule has 1 aromatic carbocycles. The standard InChI is InChI=1S/C12H16F3N3O/c1-8(17-18(16)9(2)19)6-10-4-3-5-11(7-10)12(13,14)15/h3-5,7-8,17H,6,16H2,1-2H3. The highest BCUT2D eigenvalue weighted by Crippen LogP contribution is 2.29. The number of carbonyl (C=O) groups excluding carboxylic acids is 1. The average molecular weight is 275 g/mol. The molecule has 0 heterocycles. The van der Waals surface area contributed by atoms with Gasteiger partial charge in [0.25, 0.3) is 0 Å². The largest absolute Gasteiger partial charge is 0.416 e. The van der Waals surface area contributed by atoms with E-state index in [1.807, 2.05) is 0 Å². The lowest BCUT2D eigenvalue weighted by Crippen LogP contribution is -2.51. The fourth-order valence-corrected chi connectivity index (χ4v) is 1.60. The van der Waals surface area contributed by atoms with Crippen LogP contribution in [0.5, 0.6) is 0 Å². The van der Waals surface area contributed by atoms with Crippen molar-refractivity contribution in [2.75, 3.05) is 0 Å². The van der Waals surface area contributed by atoms with Crippen molar-refractivity contribution >= 4 is 5.91 Å². The van der Waals surface area contributed by atoms with E-state index in [9.17, 15) is 18.0 Å². The second-order valence-electron chi connectivity index (χ2n) is 4.32. The molecule has 1 amide bonds. The summed E-state index contributed by atoms with van der Waals surface area (Å²) in [5.74, 6) is 4.98. The summed E-state index contributed by atoms with van der Waals surface area (Å²) < 4.78 is 37.6. The summed E-state index contributed by atoms with van der Waals surface area (Å²) in [5, 5.41) is 0.818. The van der Waals surface area contributed by atoms with Crippen LogP contribution in [0.15, 0.2) is 24.3 Å². The topological polar surface area (TPSA) is 58.4 Å². The number of hydrazine groups is 2. The van der Waals surface area contributed by atoms with Crippen LogP contribution < -0.4 is 11.3 Å². The van der Waals surface area contributed by atoms with Crippen LogP contribution in [0.25, 0.3) is 0 Å². The fourth-order valence-electron chi connectivity index (χ4n) is 1.60. The molecule has 0 aliphatic heterocycles. The van der Waals surface area contributed by atoms with E-state index in [0.717, 1.165) is 17.3 Å². The Morgan fingerprint density at radius 1 is 1.47 bits per heavy atom. The smallest absolute Gasteiger partial charge is 0.272 e. The Morgan fingerprint density at radius 2 is 2.11 bits per heavy atom. The number of alkyl halides is 3. The SMILES string of the molecule is CC(=O)N(N)NC(C)Cc1cccc(C(F)(F)F)c1. The van der Waals surface area contributed by atoms with Crippen molar-refractivity contribution in [1.82, 2.24) is 10.5 Å². The normalized spacial score (nSPS) is 13.2. The first-order valence-electron chi connectivity index (χ1n) is 5.68. The molecular weight excluding hydrogens is 259 g/mol. The zero-order valence-electron chi connectivity index (χ0n) is 10.7. The van der Waals surface area contributed by atoms with Gasteiger partial charge >= 0.3 is 6.18 Å². The molecule has 3 N–H and O–H groups in total. The quantitative estimate of drug-likeness (QED) is 0.501. The van der Waals surface area contributed by atoms with Crippen molar-refractivity contribution in [2.24, 2.45) is 5.84 Å². The Morgan fingerprint density at radius 3 is 2.63 bits per heavy atom. The van der Waals surface area contributed by atoms with Crippen molar-refractivity contribution in [1.29, 1.82) is 0 Å². The minimum absolute atomic E-state index is 0.266. The molecule has 0 radical (unpaired) electrons. The minimum atomic E-state index is -4.36. The van der Waals surface area contributed by atoms with E-state index < -0.39 is 11.7 Å². The van der Waals surface area contributed by atoms with Gasteiger partial charge in [0.1, 0.15) is 0 Å². The van der Waals surface area contributed by atoms with E-state index in [4.69, 9.17) is 5.84 Å². The number of benzene rings is 1. The second-order valence-corrected chi connectivity index (χ2v) is 4.32. The van der Waals surface area contributed by atoms with Crippen LogP contribution in [0.1, 0.15) is 25.0 Å². The first-order chi connectivity index (χ1) is 8.70. The van der Waals surface area contributed by atoms with Gasteiger partial charge in [0, 0.05) is 13.0 Å². The van der Waals surface area contributed by atoms with Gasteiger partial charge in [-0.05, 0) is 25.0 Å². The molecule has 0 saturated carbocycles. The molecule has 1 atom stereocenters. The maximum absolute atomic E-state index is 12.5. The molecule has 0 saturated heterocycles. The number of nitrogens with one attached hydrogen (secondary N) is 1. The van der Waals surface area contributed by atoms with Crippen LogP contribution in [0, 0.1) is 0 Å². The summed E-state index contributed by atoms with van der Waals surface area (Å²) >= 11 is 0. The summed E-state index contributed by atoms with van der Waals surface area (Å²) in [4.78, 5) is 10.9. The van der Waals surface area contributed by atoms with Crippen LogP contribution in [0.3, 0.4) is 0 Å². The minimum Gasteiger partial charge on any atom is -0.272 e. The number of carbonyl (C=O) groups is 1. The number of rotatable bonds is 4. The first-order valence-corrected chi connectivity index (χ1v) is 5.68. The summed E-state index contributed by atoms with van der Waals surface area (Å²) in [6.45, 7) is 3.01. The molecule has 1 aromatic rings. The highest BCUT2D eigenvalue weighted by atomic mass is 19.4. The van der Waals surface area contributed by atoms with Crippen molar-refractivity contribution in [3.05, 3.63) is 35.4 Å². The van der Waals surface area contributed by atoms with Crippen molar-refractivity contribution in [2.45, 2.75) is 32.5 Å². The molecule has 0 aromatic heterocycles. The molecule has 19 heavy (non-hydrogen) atoms. The predicted octanol–water partition coefficient (Wildman–Crippen LogP) is 1.86. The van der Waals surface area contributed by atoms with Crippen LogP contribution in [-0.2, 0) is 17.4 Å². The van der Waals surface area contributed by atoms with Gasteiger partial charge in [0.05, 0.1) is 5.56 Å². The van der Waals surface area contributed by atoms with E-state index >= 15 is 0 Å². The van der Waals surface area contributed by atoms with Gasteiger partial charge in [0.15, 0.2) is 0 Å². The molecule has 0 aliphatic rings. The molecule has 0 bridgehead atoms. The summed E-state index contributed by atoms with van der Waals surface area (Å²) in [6, 6.07) is 4.80. The van der Waals surface area contributed by atoms with Gasteiger partial charge in [-0.2, -0.15) is 13.2 Å². The molecule has 1 rings (SSSR count). The van der Waals surface area contributed by atoms with E-state index in [1.54, 1.807) is 13.0 Å². The third kappa shape index (κ3) is 4.88. The Bertz CT molecular complexity index is 448. The van der Waals surface area contributed by atoms with E-state index in [0.29, 0.717) is 12.0 Å². The Labute approximate surface area is 109 Å². The van der Waals surface area contributed by atoms with Crippen LogP contribution in [0.2, 0.25) is 0 Å². The number of nitrogens with two attached hydrogens (primary N) is 1. The zero-order valence-corrected chi connectivity index (χ0v) is 10.7. The van der Waals surface area contributed by atoms with Gasteiger partial charge in [-0.25, -0.2) is 16.4 Å². The molecule has 0 fully saturated rings. The summed E-state index contributed by atoms with van der Waals surface area (Å²) in [5.41, 5.74) is 2.50. The third-order valence-electron chi connectivity index (χ3n) is 2.49. The number of hydrogen-bond donors (Lipinski definition) is 2. The second kappa shape index (κ2) is 6.03. The van der Waals surface area contributed by atoms with E-state index in [-0.39, 0.29) is 11.9 Å². The van der Waals surface area contributed by atoms with Crippen molar-refractivity contribution in [3.8, 4) is 0 Å². The molecular formula is C12H16F3N3O. The Hall–Kier alpha value is -1.60.